The van der Waals surface area contributed by atoms with E-state index in [1.807, 2.05) is 13.8 Å². The third kappa shape index (κ3) is 4.46. The van der Waals surface area contributed by atoms with Gasteiger partial charge in [-0.2, -0.15) is 5.10 Å². The predicted molar refractivity (Wildman–Crippen MR) is 133 cm³/mol. The Morgan fingerprint density at radius 3 is 2.62 bits per heavy atom. The maximum atomic E-state index is 12.7. The molecule has 0 saturated carbocycles. The molecule has 10 nitrogen and oxygen atoms in total. The van der Waals surface area contributed by atoms with Crippen LogP contribution in [0.15, 0.2) is 33.9 Å². The number of nitrogens with one attached hydrogen (secondary N) is 3. The summed E-state index contributed by atoms with van der Waals surface area (Å²) in [7, 11) is 1.46. The van der Waals surface area contributed by atoms with Gasteiger partial charge in [0.25, 0.3) is 22.9 Å². The lowest BCUT2D eigenvalue weighted by molar-refractivity contribution is -0.121. The molecule has 0 aliphatic rings. The van der Waals surface area contributed by atoms with E-state index >= 15 is 0 Å². The fourth-order valence-electron chi connectivity index (χ4n) is 3.39. The van der Waals surface area contributed by atoms with E-state index in [9.17, 15) is 19.2 Å². The van der Waals surface area contributed by atoms with Gasteiger partial charge in [-0.3, -0.25) is 30.0 Å². The van der Waals surface area contributed by atoms with Gasteiger partial charge in [0.2, 0.25) is 0 Å². The standard InChI is InChI=1S/C22H22N6O4S2/c1-10-11(2)34-21-16(10)19(30)23-15(24-21)9-33-12(3)18(29)25-26-20(31)17-13-7-5-6-8-14(13)22(32)28(4)27-17/h5-8,12H,9H2,1-4H3,(H,25,29)(H,26,31)(H,23,24,30). The van der Waals surface area contributed by atoms with Crippen molar-refractivity contribution in [3.8, 4) is 0 Å². The lowest BCUT2D eigenvalue weighted by atomic mass is 10.1. The maximum absolute atomic E-state index is 12.7. The molecular weight excluding hydrogens is 476 g/mol. The SMILES string of the molecule is Cc1sc2nc(CSC(C)C(=O)NNC(=O)c3nn(C)c(=O)c4ccccc34)[nH]c(=O)c2c1C. The fourth-order valence-corrected chi connectivity index (χ4v) is 5.20. The zero-order chi connectivity index (χ0) is 24.6. The van der Waals surface area contributed by atoms with Crippen LogP contribution in [-0.2, 0) is 17.6 Å². The number of thioether (sulfide) groups is 1. The molecule has 176 valence electrons. The molecule has 0 spiro atoms. The number of rotatable bonds is 5. The summed E-state index contributed by atoms with van der Waals surface area (Å²) >= 11 is 2.73. The number of benzene rings is 1. The van der Waals surface area contributed by atoms with Crippen LogP contribution in [0.1, 0.15) is 33.7 Å². The van der Waals surface area contributed by atoms with Crippen molar-refractivity contribution in [2.24, 2.45) is 7.05 Å². The molecule has 1 aromatic carbocycles. The van der Waals surface area contributed by atoms with E-state index in [1.165, 1.54) is 30.1 Å². The van der Waals surface area contributed by atoms with E-state index in [-0.39, 0.29) is 16.8 Å². The number of H-pyrrole nitrogens is 1. The molecule has 4 rings (SSSR count). The van der Waals surface area contributed by atoms with Gasteiger partial charge in [-0.25, -0.2) is 9.67 Å². The van der Waals surface area contributed by atoms with Gasteiger partial charge < -0.3 is 4.98 Å². The second-order valence-corrected chi connectivity index (χ2v) is 10.2. The first-order valence-electron chi connectivity index (χ1n) is 10.3. The zero-order valence-corrected chi connectivity index (χ0v) is 20.5. The molecule has 2 amide bonds. The number of thiophene rings is 1. The second kappa shape index (κ2) is 9.39. The first kappa shape index (κ1) is 23.6. The number of amides is 2. The number of hydrogen-bond donors (Lipinski definition) is 3. The molecule has 0 aliphatic carbocycles. The lowest BCUT2D eigenvalue weighted by Gasteiger charge is -2.13. The van der Waals surface area contributed by atoms with E-state index in [0.29, 0.717) is 32.6 Å². The highest BCUT2D eigenvalue weighted by Crippen LogP contribution is 2.26. The Morgan fingerprint density at radius 2 is 1.88 bits per heavy atom. The summed E-state index contributed by atoms with van der Waals surface area (Å²) in [5, 5.41) is 4.84. The molecule has 0 aliphatic heterocycles. The van der Waals surface area contributed by atoms with Gasteiger partial charge in [0.05, 0.1) is 21.8 Å². The third-order valence-electron chi connectivity index (χ3n) is 5.40. The number of aromatic amines is 1. The number of aryl methyl sites for hydroxylation is 3. The number of hydrogen-bond acceptors (Lipinski definition) is 8. The van der Waals surface area contributed by atoms with Crippen molar-refractivity contribution < 1.29 is 9.59 Å². The summed E-state index contributed by atoms with van der Waals surface area (Å²) in [5.74, 6) is -0.277. The molecule has 0 saturated heterocycles. The van der Waals surface area contributed by atoms with Crippen LogP contribution in [0.3, 0.4) is 0 Å². The number of carbonyl (C=O) groups excluding carboxylic acids is 2. The van der Waals surface area contributed by atoms with Crippen LogP contribution in [0.5, 0.6) is 0 Å². The number of nitrogens with zero attached hydrogens (tertiary/aromatic N) is 3. The molecule has 3 N–H and O–H groups in total. The van der Waals surface area contributed by atoms with E-state index in [1.54, 1.807) is 31.2 Å². The normalized spacial score (nSPS) is 12.1. The van der Waals surface area contributed by atoms with Crippen LogP contribution in [0, 0.1) is 13.8 Å². The predicted octanol–water partition coefficient (Wildman–Crippen LogP) is 1.93. The molecule has 12 heteroatoms. The van der Waals surface area contributed by atoms with Crippen LogP contribution in [-0.4, -0.2) is 36.8 Å². The molecule has 4 aromatic rings. The molecule has 1 atom stereocenters. The second-order valence-electron chi connectivity index (χ2n) is 7.70. The number of aromatic nitrogens is 4. The van der Waals surface area contributed by atoms with E-state index < -0.39 is 17.1 Å². The lowest BCUT2D eigenvalue weighted by Crippen LogP contribution is -2.45. The summed E-state index contributed by atoms with van der Waals surface area (Å²) in [6, 6.07) is 6.64. The molecule has 3 aromatic heterocycles. The number of hydrazine groups is 1. The Labute approximate surface area is 201 Å². The van der Waals surface area contributed by atoms with E-state index in [4.69, 9.17) is 0 Å². The Kier molecular flexibility index (Phi) is 6.53. The first-order valence-corrected chi connectivity index (χ1v) is 12.2. The van der Waals surface area contributed by atoms with Crippen molar-refractivity contribution in [3.63, 3.8) is 0 Å². The summed E-state index contributed by atoms with van der Waals surface area (Å²) < 4.78 is 1.08. The van der Waals surface area contributed by atoms with Crippen molar-refractivity contribution in [2.75, 3.05) is 0 Å². The highest BCUT2D eigenvalue weighted by Gasteiger charge is 2.19. The molecule has 3 heterocycles. The first-order chi connectivity index (χ1) is 16.2. The van der Waals surface area contributed by atoms with E-state index in [0.717, 1.165) is 15.1 Å². The van der Waals surface area contributed by atoms with Crippen LogP contribution in [0.25, 0.3) is 21.0 Å². The minimum atomic E-state index is -0.641. The molecule has 0 radical (unpaired) electrons. The smallest absolute Gasteiger partial charge is 0.290 e. The Balaban J connectivity index is 1.40. The average Bonchev–Trinajstić information content (AvgIpc) is 3.11. The van der Waals surface area contributed by atoms with Gasteiger partial charge in [-0.05, 0) is 32.4 Å². The highest BCUT2D eigenvalue weighted by molar-refractivity contribution is 7.99. The minimum Gasteiger partial charge on any atom is -0.309 e. The van der Waals surface area contributed by atoms with Gasteiger partial charge in [0.1, 0.15) is 10.7 Å². The van der Waals surface area contributed by atoms with Gasteiger partial charge in [-0.15, -0.1) is 23.1 Å². The zero-order valence-electron chi connectivity index (χ0n) is 18.9. The van der Waals surface area contributed by atoms with Crippen molar-refractivity contribution in [3.05, 3.63) is 66.9 Å². The number of carbonyl (C=O) groups is 2. The summed E-state index contributed by atoms with van der Waals surface area (Å²) in [6.45, 7) is 5.53. The molecule has 34 heavy (non-hydrogen) atoms. The monoisotopic (exact) mass is 498 g/mol. The highest BCUT2D eigenvalue weighted by atomic mass is 32.2. The topological polar surface area (TPSA) is 139 Å². The van der Waals surface area contributed by atoms with Crippen molar-refractivity contribution in [1.29, 1.82) is 0 Å². The van der Waals surface area contributed by atoms with Gasteiger partial charge in [0.15, 0.2) is 5.69 Å². The Hall–Kier alpha value is -3.51. The van der Waals surface area contributed by atoms with Crippen molar-refractivity contribution in [1.82, 2.24) is 30.6 Å². The van der Waals surface area contributed by atoms with Gasteiger partial charge in [0, 0.05) is 17.3 Å². The largest absolute Gasteiger partial charge is 0.309 e. The van der Waals surface area contributed by atoms with Crippen LogP contribution in [0.2, 0.25) is 0 Å². The average molecular weight is 499 g/mol. The van der Waals surface area contributed by atoms with Crippen LogP contribution >= 0.6 is 23.1 Å². The van der Waals surface area contributed by atoms with Crippen molar-refractivity contribution >= 4 is 55.9 Å². The quantitative estimate of drug-likeness (QED) is 0.357. The minimum absolute atomic E-state index is 0.0231. The van der Waals surface area contributed by atoms with Gasteiger partial charge >= 0.3 is 0 Å². The molecule has 0 fully saturated rings. The fraction of sp³-hybridized carbons (Fsp3) is 0.273. The van der Waals surface area contributed by atoms with Crippen molar-refractivity contribution in [2.45, 2.75) is 31.8 Å². The summed E-state index contributed by atoms with van der Waals surface area (Å²) in [4.78, 5) is 58.8. The van der Waals surface area contributed by atoms with Gasteiger partial charge in [-0.1, -0.05) is 18.2 Å². The van der Waals surface area contributed by atoms with Crippen LogP contribution < -0.4 is 22.0 Å². The maximum Gasteiger partial charge on any atom is 0.290 e. The van der Waals surface area contributed by atoms with Crippen LogP contribution in [0.4, 0.5) is 0 Å². The summed E-state index contributed by atoms with van der Waals surface area (Å²) in [6.07, 6.45) is 0. The Bertz CT molecular complexity index is 1560. The molecule has 0 bridgehead atoms. The Morgan fingerprint density at radius 1 is 1.18 bits per heavy atom. The summed E-state index contributed by atoms with van der Waals surface area (Å²) in [5.41, 5.74) is 5.19. The molecular formula is C22H22N6O4S2. The third-order valence-corrected chi connectivity index (χ3v) is 7.65. The number of fused-ring (bicyclic) bond motifs is 2. The van der Waals surface area contributed by atoms with E-state index in [2.05, 4.69) is 25.9 Å². The molecule has 1 unspecified atom stereocenters.